The van der Waals surface area contributed by atoms with Gasteiger partial charge in [-0.25, -0.2) is 4.79 Å². The SMILES string of the molecule is COCCCOc1cc(C)ccc1C(=O)O. The van der Waals surface area contributed by atoms with Gasteiger partial charge in [0, 0.05) is 20.1 Å². The average molecular weight is 224 g/mol. The Bertz CT molecular complexity index is 360. The van der Waals surface area contributed by atoms with Crippen LogP contribution >= 0.6 is 0 Å². The zero-order chi connectivity index (χ0) is 12.0. The van der Waals surface area contributed by atoms with Crippen molar-refractivity contribution in [2.24, 2.45) is 0 Å². The van der Waals surface area contributed by atoms with E-state index in [1.54, 1.807) is 25.3 Å². The first-order chi connectivity index (χ1) is 7.65. The molecule has 0 atom stereocenters. The van der Waals surface area contributed by atoms with E-state index in [1.165, 1.54) is 0 Å². The summed E-state index contributed by atoms with van der Waals surface area (Å²) < 4.78 is 10.3. The summed E-state index contributed by atoms with van der Waals surface area (Å²) in [4.78, 5) is 10.9. The lowest BCUT2D eigenvalue weighted by Gasteiger charge is -2.09. The minimum atomic E-state index is -0.971. The van der Waals surface area contributed by atoms with Crippen LogP contribution in [0, 0.1) is 6.92 Å². The predicted octanol–water partition coefficient (Wildman–Crippen LogP) is 2.11. The summed E-state index contributed by atoms with van der Waals surface area (Å²) in [6.07, 6.45) is 0.740. The molecule has 0 fully saturated rings. The van der Waals surface area contributed by atoms with Gasteiger partial charge in [-0.05, 0) is 24.6 Å². The van der Waals surface area contributed by atoms with Crippen molar-refractivity contribution in [3.05, 3.63) is 29.3 Å². The molecule has 0 aliphatic rings. The zero-order valence-corrected chi connectivity index (χ0v) is 9.53. The highest BCUT2D eigenvalue weighted by Crippen LogP contribution is 2.20. The normalized spacial score (nSPS) is 10.1. The number of benzene rings is 1. The Morgan fingerprint density at radius 3 is 2.75 bits per heavy atom. The molecule has 0 aromatic heterocycles. The third-order valence-electron chi connectivity index (χ3n) is 2.12. The number of aryl methyl sites for hydroxylation is 1. The summed E-state index contributed by atoms with van der Waals surface area (Å²) in [7, 11) is 1.62. The van der Waals surface area contributed by atoms with Crippen LogP contribution in [0.5, 0.6) is 5.75 Å². The van der Waals surface area contributed by atoms with Crippen LogP contribution in [-0.2, 0) is 4.74 Å². The van der Waals surface area contributed by atoms with Crippen LogP contribution in [0.3, 0.4) is 0 Å². The molecular weight excluding hydrogens is 208 g/mol. The third-order valence-corrected chi connectivity index (χ3v) is 2.12. The van der Waals surface area contributed by atoms with Crippen molar-refractivity contribution < 1.29 is 19.4 Å². The second-order valence-corrected chi connectivity index (χ2v) is 3.50. The first-order valence-corrected chi connectivity index (χ1v) is 5.11. The molecule has 1 N–H and O–H groups in total. The van der Waals surface area contributed by atoms with Crippen molar-refractivity contribution in [2.45, 2.75) is 13.3 Å². The summed E-state index contributed by atoms with van der Waals surface area (Å²) in [6, 6.07) is 5.05. The predicted molar refractivity (Wildman–Crippen MR) is 60.1 cm³/mol. The van der Waals surface area contributed by atoms with Crippen molar-refractivity contribution in [2.75, 3.05) is 20.3 Å². The first-order valence-electron chi connectivity index (χ1n) is 5.11. The Morgan fingerprint density at radius 1 is 1.38 bits per heavy atom. The quantitative estimate of drug-likeness (QED) is 0.752. The second kappa shape index (κ2) is 6.12. The standard InChI is InChI=1S/C12H16O4/c1-9-4-5-10(12(13)14)11(8-9)16-7-3-6-15-2/h4-5,8H,3,6-7H2,1-2H3,(H,13,14). The molecule has 0 unspecified atom stereocenters. The number of carboxylic acid groups (broad SMARTS) is 1. The summed E-state index contributed by atoms with van der Waals surface area (Å²) >= 11 is 0. The highest BCUT2D eigenvalue weighted by molar-refractivity contribution is 5.90. The molecule has 0 bridgehead atoms. The van der Waals surface area contributed by atoms with Gasteiger partial charge in [-0.1, -0.05) is 6.07 Å². The fourth-order valence-corrected chi connectivity index (χ4v) is 1.31. The number of rotatable bonds is 6. The van der Waals surface area contributed by atoms with Crippen LogP contribution in [0.2, 0.25) is 0 Å². The molecule has 0 amide bonds. The molecule has 88 valence electrons. The monoisotopic (exact) mass is 224 g/mol. The van der Waals surface area contributed by atoms with Crippen molar-refractivity contribution >= 4 is 5.97 Å². The van der Waals surface area contributed by atoms with Crippen LogP contribution in [0.25, 0.3) is 0 Å². The molecule has 1 rings (SSSR count). The van der Waals surface area contributed by atoms with E-state index in [9.17, 15) is 4.79 Å². The van der Waals surface area contributed by atoms with Gasteiger partial charge in [0.15, 0.2) is 0 Å². The Balaban J connectivity index is 2.68. The van der Waals surface area contributed by atoms with Gasteiger partial charge in [0.25, 0.3) is 0 Å². The van der Waals surface area contributed by atoms with Crippen LogP contribution in [0.1, 0.15) is 22.3 Å². The van der Waals surface area contributed by atoms with Crippen LogP contribution < -0.4 is 4.74 Å². The molecule has 0 aliphatic heterocycles. The fourth-order valence-electron chi connectivity index (χ4n) is 1.31. The van der Waals surface area contributed by atoms with E-state index in [4.69, 9.17) is 14.6 Å². The maximum Gasteiger partial charge on any atom is 0.339 e. The van der Waals surface area contributed by atoms with E-state index in [1.807, 2.05) is 6.92 Å². The number of methoxy groups -OCH3 is 1. The molecule has 0 saturated carbocycles. The largest absolute Gasteiger partial charge is 0.493 e. The van der Waals surface area contributed by atoms with Crippen molar-refractivity contribution in [1.29, 1.82) is 0 Å². The Kier molecular flexibility index (Phi) is 4.79. The number of aromatic carboxylic acids is 1. The summed E-state index contributed by atoms with van der Waals surface area (Å²) in [5, 5.41) is 8.95. The van der Waals surface area contributed by atoms with Gasteiger partial charge < -0.3 is 14.6 Å². The lowest BCUT2D eigenvalue weighted by Crippen LogP contribution is -2.06. The maximum atomic E-state index is 10.9. The van der Waals surface area contributed by atoms with Crippen LogP contribution in [0.15, 0.2) is 18.2 Å². The molecule has 0 aliphatic carbocycles. The number of hydrogen-bond acceptors (Lipinski definition) is 3. The highest BCUT2D eigenvalue weighted by atomic mass is 16.5. The highest BCUT2D eigenvalue weighted by Gasteiger charge is 2.10. The van der Waals surface area contributed by atoms with E-state index in [0.29, 0.717) is 19.0 Å². The fraction of sp³-hybridized carbons (Fsp3) is 0.417. The van der Waals surface area contributed by atoms with E-state index in [-0.39, 0.29) is 5.56 Å². The minimum absolute atomic E-state index is 0.197. The van der Waals surface area contributed by atoms with Gasteiger partial charge >= 0.3 is 5.97 Å². The van der Waals surface area contributed by atoms with Crippen molar-refractivity contribution in [3.8, 4) is 5.75 Å². The molecule has 0 heterocycles. The molecule has 4 heteroatoms. The molecule has 0 spiro atoms. The minimum Gasteiger partial charge on any atom is -0.493 e. The lowest BCUT2D eigenvalue weighted by atomic mass is 10.1. The van der Waals surface area contributed by atoms with E-state index < -0.39 is 5.97 Å². The number of carbonyl (C=O) groups is 1. The first kappa shape index (κ1) is 12.5. The van der Waals surface area contributed by atoms with Gasteiger partial charge in [-0.15, -0.1) is 0 Å². The smallest absolute Gasteiger partial charge is 0.339 e. The van der Waals surface area contributed by atoms with Gasteiger partial charge in [-0.3, -0.25) is 0 Å². The number of hydrogen-bond donors (Lipinski definition) is 1. The molecule has 1 aromatic rings. The molecule has 0 saturated heterocycles. The second-order valence-electron chi connectivity index (χ2n) is 3.50. The number of ether oxygens (including phenoxy) is 2. The Morgan fingerprint density at radius 2 is 2.12 bits per heavy atom. The average Bonchev–Trinajstić information content (AvgIpc) is 2.24. The Labute approximate surface area is 94.8 Å². The molecular formula is C12H16O4. The maximum absolute atomic E-state index is 10.9. The summed E-state index contributed by atoms with van der Waals surface area (Å²) in [5.74, 6) is -0.551. The molecule has 0 radical (unpaired) electrons. The van der Waals surface area contributed by atoms with Crippen LogP contribution in [-0.4, -0.2) is 31.4 Å². The Hall–Kier alpha value is -1.55. The third kappa shape index (κ3) is 3.55. The molecule has 1 aromatic carbocycles. The number of carboxylic acids is 1. The summed E-state index contributed by atoms with van der Waals surface area (Å²) in [5.41, 5.74) is 1.18. The van der Waals surface area contributed by atoms with Gasteiger partial charge in [0.05, 0.1) is 6.61 Å². The lowest BCUT2D eigenvalue weighted by molar-refractivity contribution is 0.0691. The topological polar surface area (TPSA) is 55.8 Å². The summed E-state index contributed by atoms with van der Waals surface area (Å²) in [6.45, 7) is 2.96. The van der Waals surface area contributed by atoms with E-state index in [0.717, 1.165) is 12.0 Å². The van der Waals surface area contributed by atoms with Crippen LogP contribution in [0.4, 0.5) is 0 Å². The van der Waals surface area contributed by atoms with E-state index in [2.05, 4.69) is 0 Å². The van der Waals surface area contributed by atoms with Crippen molar-refractivity contribution in [3.63, 3.8) is 0 Å². The van der Waals surface area contributed by atoms with Gasteiger partial charge in [-0.2, -0.15) is 0 Å². The molecule has 16 heavy (non-hydrogen) atoms. The van der Waals surface area contributed by atoms with Gasteiger partial charge in [0.1, 0.15) is 11.3 Å². The van der Waals surface area contributed by atoms with Gasteiger partial charge in [0.2, 0.25) is 0 Å². The zero-order valence-electron chi connectivity index (χ0n) is 9.53. The molecule has 4 nitrogen and oxygen atoms in total. The van der Waals surface area contributed by atoms with Crippen molar-refractivity contribution in [1.82, 2.24) is 0 Å². The van der Waals surface area contributed by atoms with E-state index >= 15 is 0 Å².